The second-order valence-electron chi connectivity index (χ2n) is 7.86. The molecule has 3 rings (SSSR count). The van der Waals surface area contributed by atoms with Gasteiger partial charge in [-0.2, -0.15) is 0 Å². The van der Waals surface area contributed by atoms with Crippen LogP contribution in [0.2, 0.25) is 0 Å². The molecule has 2 aromatic rings. The van der Waals surface area contributed by atoms with E-state index >= 15 is 0 Å². The first-order valence-corrected chi connectivity index (χ1v) is 10.8. The molecule has 3 nitrogen and oxygen atoms in total. The van der Waals surface area contributed by atoms with Crippen LogP contribution in [0.3, 0.4) is 0 Å². The number of carboxylic acid groups (broad SMARTS) is 1. The Bertz CT molecular complexity index is 781. The average Bonchev–Trinajstić information content (AvgIpc) is 3.06. The molecule has 1 N–H and O–H groups in total. The highest BCUT2D eigenvalue weighted by Gasteiger charge is 2.22. The number of ether oxygens (including phenoxy) is 1. The van der Waals surface area contributed by atoms with Gasteiger partial charge in [0, 0.05) is 0 Å². The third-order valence-electron chi connectivity index (χ3n) is 5.64. The van der Waals surface area contributed by atoms with Crippen LogP contribution in [-0.2, 0) is 11.2 Å². The summed E-state index contributed by atoms with van der Waals surface area (Å²) in [5.74, 6) is -0.203. The molecule has 1 unspecified atom stereocenters. The molecule has 0 heterocycles. The molecule has 28 heavy (non-hydrogen) atoms. The fraction of sp³-hybridized carbons (Fsp3) is 0.480. The number of carboxylic acids is 1. The van der Waals surface area contributed by atoms with Crippen molar-refractivity contribution in [3.05, 3.63) is 53.6 Å². The summed E-state index contributed by atoms with van der Waals surface area (Å²) < 4.78 is 5.86. The van der Waals surface area contributed by atoms with E-state index in [9.17, 15) is 9.90 Å². The Balaban J connectivity index is 1.48. The normalized spacial score (nSPS) is 13.0. The van der Waals surface area contributed by atoms with Gasteiger partial charge in [0.1, 0.15) is 5.75 Å². The molecule has 1 aliphatic rings. The fourth-order valence-electron chi connectivity index (χ4n) is 4.06. The van der Waals surface area contributed by atoms with E-state index in [1.54, 1.807) is 0 Å². The Morgan fingerprint density at radius 2 is 1.61 bits per heavy atom. The Morgan fingerprint density at radius 1 is 0.929 bits per heavy atom. The molecular formula is C25H32O3. The van der Waals surface area contributed by atoms with E-state index in [0.29, 0.717) is 12.2 Å². The minimum Gasteiger partial charge on any atom is -0.479 e. The lowest BCUT2D eigenvalue weighted by Gasteiger charge is -2.16. The zero-order chi connectivity index (χ0) is 19.8. The number of hydrogen-bond acceptors (Lipinski definition) is 2. The molecule has 3 heteroatoms. The third kappa shape index (κ3) is 5.37. The maximum atomic E-state index is 11.6. The zero-order valence-electron chi connectivity index (χ0n) is 17.0. The molecule has 0 aliphatic heterocycles. The lowest BCUT2D eigenvalue weighted by Crippen LogP contribution is -2.26. The maximum Gasteiger partial charge on any atom is 0.344 e. The Kier molecular flexibility index (Phi) is 7.53. The van der Waals surface area contributed by atoms with Gasteiger partial charge in [-0.3, -0.25) is 0 Å². The van der Waals surface area contributed by atoms with Crippen LogP contribution in [0.5, 0.6) is 5.75 Å². The van der Waals surface area contributed by atoms with Crippen molar-refractivity contribution in [2.75, 3.05) is 0 Å². The molecular weight excluding hydrogens is 348 g/mol. The van der Waals surface area contributed by atoms with Gasteiger partial charge >= 0.3 is 5.97 Å². The highest BCUT2D eigenvalue weighted by Crippen LogP contribution is 2.38. The van der Waals surface area contributed by atoms with Crippen molar-refractivity contribution in [2.45, 2.75) is 77.2 Å². The highest BCUT2D eigenvalue weighted by atomic mass is 16.5. The molecule has 1 aliphatic carbocycles. The Labute approximate surface area is 168 Å². The van der Waals surface area contributed by atoms with Crippen LogP contribution in [0.1, 0.15) is 75.8 Å². The lowest BCUT2D eigenvalue weighted by molar-refractivity contribution is -0.145. The Morgan fingerprint density at radius 3 is 2.36 bits per heavy atom. The number of carbonyl (C=O) groups is 1. The van der Waals surface area contributed by atoms with Crippen LogP contribution >= 0.6 is 0 Å². The second kappa shape index (κ2) is 10.3. The van der Waals surface area contributed by atoms with Crippen molar-refractivity contribution in [3.8, 4) is 16.9 Å². The van der Waals surface area contributed by atoms with Gasteiger partial charge < -0.3 is 9.84 Å². The molecule has 1 atom stereocenters. The van der Waals surface area contributed by atoms with Gasteiger partial charge in [0.15, 0.2) is 6.10 Å². The summed E-state index contributed by atoms with van der Waals surface area (Å²) >= 11 is 0. The van der Waals surface area contributed by atoms with Gasteiger partial charge in [0.2, 0.25) is 0 Å². The van der Waals surface area contributed by atoms with E-state index in [4.69, 9.17) is 4.74 Å². The van der Waals surface area contributed by atoms with Crippen LogP contribution in [0.4, 0.5) is 0 Å². The number of hydrogen-bond donors (Lipinski definition) is 1. The van der Waals surface area contributed by atoms with Crippen molar-refractivity contribution >= 4 is 5.97 Å². The van der Waals surface area contributed by atoms with Crippen LogP contribution < -0.4 is 4.74 Å². The lowest BCUT2D eigenvalue weighted by atomic mass is 10.0. The van der Waals surface area contributed by atoms with E-state index in [2.05, 4.69) is 37.3 Å². The van der Waals surface area contributed by atoms with E-state index in [1.807, 2.05) is 12.1 Å². The summed E-state index contributed by atoms with van der Waals surface area (Å²) in [6, 6.07) is 14.4. The molecule has 0 saturated carbocycles. The van der Waals surface area contributed by atoms with E-state index in [1.165, 1.54) is 60.8 Å². The number of rotatable bonds is 12. The van der Waals surface area contributed by atoms with Crippen molar-refractivity contribution < 1.29 is 14.6 Å². The van der Waals surface area contributed by atoms with E-state index in [0.717, 1.165) is 19.3 Å². The average molecular weight is 381 g/mol. The number of benzene rings is 2. The first kappa shape index (κ1) is 20.4. The molecule has 0 spiro atoms. The smallest absolute Gasteiger partial charge is 0.344 e. The van der Waals surface area contributed by atoms with Crippen LogP contribution in [0.15, 0.2) is 42.5 Å². The number of fused-ring (bicyclic) bond motifs is 3. The molecule has 0 radical (unpaired) electrons. The first-order valence-electron chi connectivity index (χ1n) is 10.8. The Hall–Kier alpha value is -2.29. The summed E-state index contributed by atoms with van der Waals surface area (Å²) in [7, 11) is 0. The summed E-state index contributed by atoms with van der Waals surface area (Å²) in [4.78, 5) is 11.6. The number of aliphatic carboxylic acids is 1. The zero-order valence-corrected chi connectivity index (χ0v) is 17.0. The van der Waals surface area contributed by atoms with E-state index < -0.39 is 12.1 Å². The van der Waals surface area contributed by atoms with Gasteiger partial charge in [-0.25, -0.2) is 4.79 Å². The van der Waals surface area contributed by atoms with Crippen molar-refractivity contribution in [1.82, 2.24) is 0 Å². The van der Waals surface area contributed by atoms with Crippen molar-refractivity contribution in [1.29, 1.82) is 0 Å². The molecule has 0 saturated heterocycles. The van der Waals surface area contributed by atoms with Crippen molar-refractivity contribution in [3.63, 3.8) is 0 Å². The maximum absolute atomic E-state index is 11.6. The van der Waals surface area contributed by atoms with Crippen LogP contribution in [0.25, 0.3) is 11.1 Å². The predicted molar refractivity (Wildman–Crippen MR) is 114 cm³/mol. The number of unbranched alkanes of at least 4 members (excludes halogenated alkanes) is 7. The molecule has 0 amide bonds. The first-order chi connectivity index (χ1) is 13.7. The van der Waals surface area contributed by atoms with Crippen molar-refractivity contribution in [2.24, 2.45) is 0 Å². The minimum atomic E-state index is -0.869. The standard InChI is InChI=1S/C25H32O3/c1-2-3-4-5-6-7-8-9-14-24(25(26)27)28-21-15-16-23-20(18-21)17-19-12-10-11-13-22(19)23/h10-13,15-16,18,24H,2-9,14,17H2,1H3,(H,26,27). The summed E-state index contributed by atoms with van der Waals surface area (Å²) in [5, 5.41) is 9.54. The summed E-state index contributed by atoms with van der Waals surface area (Å²) in [5.41, 5.74) is 5.05. The molecule has 0 bridgehead atoms. The fourth-order valence-corrected chi connectivity index (χ4v) is 4.06. The highest BCUT2D eigenvalue weighted by molar-refractivity contribution is 5.77. The predicted octanol–water partition coefficient (Wildman–Crippen LogP) is 6.62. The van der Waals surface area contributed by atoms with Gasteiger partial charge in [-0.1, -0.05) is 82.2 Å². The van der Waals surface area contributed by atoms with Gasteiger partial charge in [-0.15, -0.1) is 0 Å². The van der Waals surface area contributed by atoms with Gasteiger partial charge in [0.25, 0.3) is 0 Å². The molecule has 2 aromatic carbocycles. The van der Waals surface area contributed by atoms with Crippen LogP contribution in [0, 0.1) is 0 Å². The largest absolute Gasteiger partial charge is 0.479 e. The minimum absolute atomic E-state index is 0.571. The van der Waals surface area contributed by atoms with E-state index in [-0.39, 0.29) is 0 Å². The molecule has 0 aromatic heterocycles. The second-order valence-corrected chi connectivity index (χ2v) is 7.86. The molecule has 0 fully saturated rings. The monoisotopic (exact) mass is 380 g/mol. The SMILES string of the molecule is CCCCCCCCCCC(Oc1ccc2c(c1)Cc1ccccc1-2)C(=O)O. The third-order valence-corrected chi connectivity index (χ3v) is 5.64. The quantitative estimate of drug-likeness (QED) is 0.359. The van der Waals surface area contributed by atoms with Gasteiger partial charge in [0.05, 0.1) is 0 Å². The van der Waals surface area contributed by atoms with Gasteiger partial charge in [-0.05, 0) is 53.6 Å². The van der Waals surface area contributed by atoms with Crippen LogP contribution in [-0.4, -0.2) is 17.2 Å². The summed E-state index contributed by atoms with van der Waals surface area (Å²) in [6.07, 6.45) is 10.3. The topological polar surface area (TPSA) is 46.5 Å². The molecule has 150 valence electrons. The summed E-state index contributed by atoms with van der Waals surface area (Å²) in [6.45, 7) is 2.23.